The minimum Gasteiger partial charge on any atom is -0.481 e. The number of amides is 1. The molecule has 0 bridgehead atoms. The molecular formula is C20H19NO6. The molecule has 7 heteroatoms. The van der Waals surface area contributed by atoms with Crippen LogP contribution in [0.2, 0.25) is 0 Å². The number of nitrogens with zero attached hydrogens (tertiary/aromatic N) is 1. The van der Waals surface area contributed by atoms with Crippen LogP contribution in [0.25, 0.3) is 11.1 Å². The Labute approximate surface area is 155 Å². The zero-order chi connectivity index (χ0) is 19.6. The van der Waals surface area contributed by atoms with Crippen LogP contribution in [0.5, 0.6) is 0 Å². The molecule has 1 atom stereocenters. The number of hydrogen-bond donors (Lipinski definition) is 2. The van der Waals surface area contributed by atoms with E-state index in [4.69, 9.17) is 9.84 Å². The normalized spacial score (nSPS) is 13.4. The number of carbonyl (C=O) groups excluding carboxylic acids is 1. The van der Waals surface area contributed by atoms with Gasteiger partial charge in [-0.1, -0.05) is 48.5 Å². The van der Waals surface area contributed by atoms with Crippen LogP contribution < -0.4 is 0 Å². The van der Waals surface area contributed by atoms with Crippen LogP contribution in [-0.2, 0) is 14.3 Å². The summed E-state index contributed by atoms with van der Waals surface area (Å²) in [6.45, 7) is 0. The standard InChI is InChI=1S/C20H19NO6/c1-27-20(26)21(16(19(24)25)10-11-17(22)23)18-14-8-4-2-6-12(14)13-7-3-5-9-15(13)18/h2-9,16,18H,10-11H2,1H3,(H,22,23)(H,24,25)/t16-/m0/s1. The number of benzene rings is 2. The molecule has 0 saturated carbocycles. The van der Waals surface area contributed by atoms with Crippen molar-refractivity contribution in [1.82, 2.24) is 4.90 Å². The van der Waals surface area contributed by atoms with Gasteiger partial charge >= 0.3 is 18.0 Å². The van der Waals surface area contributed by atoms with Gasteiger partial charge in [-0.3, -0.25) is 9.69 Å². The van der Waals surface area contributed by atoms with Crippen LogP contribution in [0.15, 0.2) is 48.5 Å². The lowest BCUT2D eigenvalue weighted by Gasteiger charge is -2.34. The first kappa shape index (κ1) is 18.4. The van der Waals surface area contributed by atoms with Gasteiger partial charge in [0.15, 0.2) is 0 Å². The van der Waals surface area contributed by atoms with Crippen LogP contribution >= 0.6 is 0 Å². The van der Waals surface area contributed by atoms with Gasteiger partial charge in [0.1, 0.15) is 6.04 Å². The maximum absolute atomic E-state index is 12.6. The van der Waals surface area contributed by atoms with Crippen molar-refractivity contribution in [3.8, 4) is 11.1 Å². The molecule has 2 aromatic carbocycles. The molecule has 7 nitrogen and oxygen atoms in total. The number of fused-ring (bicyclic) bond motifs is 3. The van der Waals surface area contributed by atoms with E-state index < -0.39 is 30.1 Å². The predicted octanol–water partition coefficient (Wildman–Crippen LogP) is 3.14. The third kappa shape index (κ3) is 3.36. The monoisotopic (exact) mass is 369 g/mol. The Bertz CT molecular complexity index is 848. The minimum absolute atomic E-state index is 0.222. The van der Waals surface area contributed by atoms with Crippen molar-refractivity contribution in [1.29, 1.82) is 0 Å². The fourth-order valence-corrected chi connectivity index (χ4v) is 3.59. The zero-order valence-corrected chi connectivity index (χ0v) is 14.7. The third-order valence-electron chi connectivity index (χ3n) is 4.72. The highest BCUT2D eigenvalue weighted by atomic mass is 16.5. The number of aliphatic carboxylic acids is 2. The Hall–Kier alpha value is -3.35. The summed E-state index contributed by atoms with van der Waals surface area (Å²) >= 11 is 0. The topological polar surface area (TPSA) is 104 Å². The first-order valence-electron chi connectivity index (χ1n) is 8.44. The number of methoxy groups -OCH3 is 1. The molecular weight excluding hydrogens is 350 g/mol. The van der Waals surface area contributed by atoms with Crippen molar-refractivity contribution < 1.29 is 29.3 Å². The largest absolute Gasteiger partial charge is 0.481 e. The second-order valence-electron chi connectivity index (χ2n) is 6.24. The quantitative estimate of drug-likeness (QED) is 0.811. The first-order chi connectivity index (χ1) is 13.0. The molecule has 1 aliphatic carbocycles. The molecule has 0 spiro atoms. The van der Waals surface area contributed by atoms with Gasteiger partial charge in [0.05, 0.1) is 13.2 Å². The number of carbonyl (C=O) groups is 3. The summed E-state index contributed by atoms with van der Waals surface area (Å²) in [4.78, 5) is 36.6. The van der Waals surface area contributed by atoms with Crippen molar-refractivity contribution in [3.05, 3.63) is 59.7 Å². The van der Waals surface area contributed by atoms with Crippen molar-refractivity contribution >= 4 is 18.0 Å². The molecule has 0 aromatic heterocycles. The molecule has 2 aromatic rings. The number of ether oxygens (including phenoxy) is 1. The molecule has 1 amide bonds. The molecule has 27 heavy (non-hydrogen) atoms. The molecule has 2 N–H and O–H groups in total. The number of hydrogen-bond acceptors (Lipinski definition) is 4. The number of carboxylic acid groups (broad SMARTS) is 2. The lowest BCUT2D eigenvalue weighted by atomic mass is 10.00. The first-order valence-corrected chi connectivity index (χ1v) is 8.44. The van der Waals surface area contributed by atoms with Crippen LogP contribution in [0.1, 0.15) is 30.0 Å². The summed E-state index contributed by atoms with van der Waals surface area (Å²) in [6.07, 6.45) is -1.41. The van der Waals surface area contributed by atoms with Gasteiger partial charge in [0.2, 0.25) is 0 Å². The van der Waals surface area contributed by atoms with E-state index in [1.807, 2.05) is 48.5 Å². The molecule has 0 aliphatic heterocycles. The summed E-state index contributed by atoms with van der Waals surface area (Å²) < 4.78 is 4.87. The van der Waals surface area contributed by atoms with Crippen molar-refractivity contribution in [2.75, 3.05) is 7.11 Å². The average molecular weight is 369 g/mol. The van der Waals surface area contributed by atoms with E-state index in [-0.39, 0.29) is 12.8 Å². The second kappa shape index (κ2) is 7.49. The van der Waals surface area contributed by atoms with E-state index in [0.717, 1.165) is 27.2 Å². The summed E-state index contributed by atoms with van der Waals surface area (Å²) in [5.74, 6) is -2.40. The van der Waals surface area contributed by atoms with Gasteiger partial charge in [0.25, 0.3) is 0 Å². The molecule has 140 valence electrons. The van der Waals surface area contributed by atoms with Gasteiger partial charge in [-0.15, -0.1) is 0 Å². The van der Waals surface area contributed by atoms with Gasteiger partial charge in [-0.05, 0) is 28.7 Å². The number of carboxylic acids is 2. The summed E-state index contributed by atoms with van der Waals surface area (Å²) in [5.41, 5.74) is 3.39. The summed E-state index contributed by atoms with van der Waals surface area (Å²) in [7, 11) is 1.18. The van der Waals surface area contributed by atoms with Gasteiger partial charge < -0.3 is 14.9 Å². The molecule has 0 fully saturated rings. The van der Waals surface area contributed by atoms with E-state index in [2.05, 4.69) is 0 Å². The average Bonchev–Trinajstić information content (AvgIpc) is 2.98. The Morgan fingerprint density at radius 3 is 1.96 bits per heavy atom. The fraction of sp³-hybridized carbons (Fsp3) is 0.250. The lowest BCUT2D eigenvalue weighted by molar-refractivity contribution is -0.144. The van der Waals surface area contributed by atoms with E-state index in [1.165, 1.54) is 7.11 Å². The van der Waals surface area contributed by atoms with E-state index in [9.17, 15) is 19.5 Å². The van der Waals surface area contributed by atoms with Gasteiger partial charge in [-0.25, -0.2) is 9.59 Å². The number of rotatable bonds is 6. The summed E-state index contributed by atoms with van der Waals surface area (Å²) in [6, 6.07) is 12.9. The van der Waals surface area contributed by atoms with E-state index in [0.29, 0.717) is 0 Å². The molecule has 0 heterocycles. The Morgan fingerprint density at radius 2 is 1.52 bits per heavy atom. The maximum atomic E-state index is 12.6. The van der Waals surface area contributed by atoms with E-state index in [1.54, 1.807) is 0 Å². The van der Waals surface area contributed by atoms with E-state index >= 15 is 0 Å². The Morgan fingerprint density at radius 1 is 1.00 bits per heavy atom. The lowest BCUT2D eigenvalue weighted by Crippen LogP contribution is -2.47. The maximum Gasteiger partial charge on any atom is 0.411 e. The highest BCUT2D eigenvalue weighted by molar-refractivity contribution is 5.85. The highest BCUT2D eigenvalue weighted by Crippen LogP contribution is 2.47. The highest BCUT2D eigenvalue weighted by Gasteiger charge is 2.42. The van der Waals surface area contributed by atoms with Crippen LogP contribution in [-0.4, -0.2) is 46.3 Å². The molecule has 0 radical (unpaired) electrons. The molecule has 3 rings (SSSR count). The molecule has 1 aliphatic rings. The van der Waals surface area contributed by atoms with Crippen LogP contribution in [0, 0.1) is 0 Å². The minimum atomic E-state index is -1.34. The Kier molecular flexibility index (Phi) is 5.12. The smallest absolute Gasteiger partial charge is 0.411 e. The van der Waals surface area contributed by atoms with Crippen LogP contribution in [0.4, 0.5) is 4.79 Å². The van der Waals surface area contributed by atoms with Crippen molar-refractivity contribution in [3.63, 3.8) is 0 Å². The second-order valence-corrected chi connectivity index (χ2v) is 6.24. The molecule has 0 unspecified atom stereocenters. The van der Waals surface area contributed by atoms with Crippen molar-refractivity contribution in [2.24, 2.45) is 0 Å². The zero-order valence-electron chi connectivity index (χ0n) is 14.7. The van der Waals surface area contributed by atoms with Crippen LogP contribution in [0.3, 0.4) is 0 Å². The van der Waals surface area contributed by atoms with Crippen molar-refractivity contribution in [2.45, 2.75) is 24.9 Å². The Balaban J connectivity index is 2.14. The summed E-state index contributed by atoms with van der Waals surface area (Å²) in [5, 5.41) is 18.7. The van der Waals surface area contributed by atoms with Gasteiger partial charge in [-0.2, -0.15) is 0 Å². The van der Waals surface area contributed by atoms with Gasteiger partial charge in [0, 0.05) is 6.42 Å². The molecule has 0 saturated heterocycles. The fourth-order valence-electron chi connectivity index (χ4n) is 3.59. The SMILES string of the molecule is COC(=O)N(C1c2ccccc2-c2ccccc21)[C@@H](CCC(=O)O)C(=O)O. The third-order valence-corrected chi connectivity index (χ3v) is 4.72. The predicted molar refractivity (Wildman–Crippen MR) is 96.3 cm³/mol.